The maximum absolute atomic E-state index is 12.3. The highest BCUT2D eigenvalue weighted by atomic mass is 79.9. The Morgan fingerprint density at radius 2 is 2.05 bits per heavy atom. The molecule has 1 aromatic heterocycles. The van der Waals surface area contributed by atoms with E-state index in [2.05, 4.69) is 31.4 Å². The summed E-state index contributed by atoms with van der Waals surface area (Å²) in [6.07, 6.45) is 1.70. The van der Waals surface area contributed by atoms with Gasteiger partial charge in [-0.05, 0) is 24.3 Å². The van der Waals surface area contributed by atoms with E-state index in [0.29, 0.717) is 5.56 Å². The molecule has 0 aliphatic carbocycles. The first-order chi connectivity index (χ1) is 9.24. The first kappa shape index (κ1) is 11.9. The van der Waals surface area contributed by atoms with Gasteiger partial charge in [-0.2, -0.15) is 5.10 Å². The lowest BCUT2D eigenvalue weighted by Gasteiger charge is -2.06. The van der Waals surface area contributed by atoms with Crippen LogP contribution in [0.25, 0.3) is 10.9 Å². The molecule has 0 radical (unpaired) electrons. The molecule has 0 saturated carbocycles. The molecule has 0 aliphatic heterocycles. The summed E-state index contributed by atoms with van der Waals surface area (Å²) >= 11 is 3.37. The average molecular weight is 316 g/mol. The van der Waals surface area contributed by atoms with Crippen molar-refractivity contribution in [2.75, 3.05) is 5.32 Å². The summed E-state index contributed by atoms with van der Waals surface area (Å²) < 4.78 is 0.921. The van der Waals surface area contributed by atoms with E-state index in [4.69, 9.17) is 0 Å². The summed E-state index contributed by atoms with van der Waals surface area (Å²) in [6.45, 7) is 0. The minimum absolute atomic E-state index is 0.159. The van der Waals surface area contributed by atoms with Crippen LogP contribution in [-0.2, 0) is 0 Å². The molecule has 0 aliphatic rings. The largest absolute Gasteiger partial charge is 0.322 e. The van der Waals surface area contributed by atoms with Crippen molar-refractivity contribution in [1.29, 1.82) is 0 Å². The molecule has 19 heavy (non-hydrogen) atoms. The molecule has 1 amide bonds. The molecule has 1 heterocycles. The molecule has 2 N–H and O–H groups in total. The summed E-state index contributed by atoms with van der Waals surface area (Å²) in [6, 6.07) is 13.0. The topological polar surface area (TPSA) is 57.8 Å². The van der Waals surface area contributed by atoms with Gasteiger partial charge in [0.15, 0.2) is 0 Å². The highest BCUT2D eigenvalue weighted by molar-refractivity contribution is 9.10. The Kier molecular flexibility index (Phi) is 3.05. The summed E-state index contributed by atoms with van der Waals surface area (Å²) in [5, 5.41) is 10.6. The van der Waals surface area contributed by atoms with E-state index < -0.39 is 0 Å². The van der Waals surface area contributed by atoms with E-state index in [1.807, 2.05) is 36.4 Å². The number of fused-ring (bicyclic) bond motifs is 1. The molecule has 94 valence electrons. The predicted octanol–water partition coefficient (Wildman–Crippen LogP) is 3.58. The number of aromatic amines is 1. The number of anilines is 1. The van der Waals surface area contributed by atoms with Crippen molar-refractivity contribution < 1.29 is 4.79 Å². The zero-order valence-corrected chi connectivity index (χ0v) is 11.4. The fourth-order valence-electron chi connectivity index (χ4n) is 1.92. The first-order valence-electron chi connectivity index (χ1n) is 5.73. The number of carbonyl (C=O) groups is 1. The Bertz CT molecular complexity index is 751. The third-order valence-corrected chi connectivity index (χ3v) is 3.30. The molecule has 4 nitrogen and oxygen atoms in total. The minimum atomic E-state index is -0.159. The number of halogens is 1. The first-order valence-corrected chi connectivity index (χ1v) is 6.52. The second kappa shape index (κ2) is 4.85. The maximum Gasteiger partial charge on any atom is 0.257 e. The monoisotopic (exact) mass is 315 g/mol. The van der Waals surface area contributed by atoms with Gasteiger partial charge in [-0.3, -0.25) is 9.89 Å². The Balaban J connectivity index is 1.94. The van der Waals surface area contributed by atoms with Gasteiger partial charge >= 0.3 is 0 Å². The van der Waals surface area contributed by atoms with Gasteiger partial charge < -0.3 is 5.32 Å². The van der Waals surface area contributed by atoms with Gasteiger partial charge in [-0.1, -0.05) is 34.1 Å². The molecular formula is C14H10BrN3O. The lowest BCUT2D eigenvalue weighted by atomic mass is 10.1. The number of hydrogen-bond acceptors (Lipinski definition) is 2. The number of aromatic nitrogens is 2. The highest BCUT2D eigenvalue weighted by Crippen LogP contribution is 2.19. The van der Waals surface area contributed by atoms with Crippen molar-refractivity contribution in [2.45, 2.75) is 0 Å². The van der Waals surface area contributed by atoms with E-state index in [0.717, 1.165) is 21.1 Å². The van der Waals surface area contributed by atoms with Crippen LogP contribution in [0, 0.1) is 0 Å². The molecule has 0 bridgehead atoms. The summed E-state index contributed by atoms with van der Waals surface area (Å²) in [7, 11) is 0. The van der Waals surface area contributed by atoms with Crippen molar-refractivity contribution in [3.63, 3.8) is 0 Å². The quantitative estimate of drug-likeness (QED) is 0.759. The Morgan fingerprint density at radius 3 is 2.89 bits per heavy atom. The zero-order valence-electron chi connectivity index (χ0n) is 9.85. The van der Waals surface area contributed by atoms with Crippen molar-refractivity contribution >= 4 is 38.4 Å². The third kappa shape index (κ3) is 2.37. The Morgan fingerprint density at radius 1 is 1.21 bits per heavy atom. The minimum Gasteiger partial charge on any atom is -0.322 e. The van der Waals surface area contributed by atoms with Crippen LogP contribution in [0.2, 0.25) is 0 Å². The summed E-state index contributed by atoms with van der Waals surface area (Å²) in [4.78, 5) is 12.3. The SMILES string of the molecule is O=C(Nc1cccc(Br)c1)c1cccc2cn[nH]c12. The number of amides is 1. The lowest BCUT2D eigenvalue weighted by molar-refractivity contribution is 0.102. The van der Waals surface area contributed by atoms with Crippen LogP contribution in [0.5, 0.6) is 0 Å². The zero-order chi connectivity index (χ0) is 13.2. The third-order valence-electron chi connectivity index (χ3n) is 2.80. The van der Waals surface area contributed by atoms with Crippen molar-refractivity contribution in [3.8, 4) is 0 Å². The molecule has 0 saturated heterocycles. The standard InChI is InChI=1S/C14H10BrN3O/c15-10-4-2-5-11(7-10)17-14(19)12-6-1-3-9-8-16-18-13(9)12/h1-8H,(H,16,18)(H,17,19). The molecule has 3 aromatic rings. The number of nitrogens with one attached hydrogen (secondary N) is 2. The van der Waals surface area contributed by atoms with Crippen molar-refractivity contribution in [1.82, 2.24) is 10.2 Å². The van der Waals surface area contributed by atoms with Crippen molar-refractivity contribution in [3.05, 3.63) is 58.7 Å². The Hall–Kier alpha value is -2.14. The van der Waals surface area contributed by atoms with E-state index in [-0.39, 0.29) is 5.91 Å². The molecule has 0 unspecified atom stereocenters. The van der Waals surface area contributed by atoms with Gasteiger partial charge in [0.05, 0.1) is 17.3 Å². The summed E-state index contributed by atoms with van der Waals surface area (Å²) in [5.74, 6) is -0.159. The van der Waals surface area contributed by atoms with Crippen LogP contribution in [-0.4, -0.2) is 16.1 Å². The number of para-hydroxylation sites is 1. The number of nitrogens with zero attached hydrogens (tertiary/aromatic N) is 1. The molecule has 5 heteroatoms. The van der Waals surface area contributed by atoms with Crippen LogP contribution >= 0.6 is 15.9 Å². The van der Waals surface area contributed by atoms with Gasteiger partial charge in [0, 0.05) is 15.5 Å². The van der Waals surface area contributed by atoms with E-state index in [9.17, 15) is 4.79 Å². The van der Waals surface area contributed by atoms with E-state index in [1.54, 1.807) is 12.3 Å². The molecular weight excluding hydrogens is 306 g/mol. The van der Waals surface area contributed by atoms with Gasteiger partial charge in [0.1, 0.15) is 0 Å². The fraction of sp³-hybridized carbons (Fsp3) is 0. The van der Waals surface area contributed by atoms with E-state index >= 15 is 0 Å². The van der Waals surface area contributed by atoms with Crippen LogP contribution < -0.4 is 5.32 Å². The molecule has 0 atom stereocenters. The van der Waals surface area contributed by atoms with E-state index in [1.165, 1.54) is 0 Å². The summed E-state index contributed by atoms with van der Waals surface area (Å²) in [5.41, 5.74) is 2.07. The van der Waals surface area contributed by atoms with Gasteiger partial charge in [0.25, 0.3) is 5.91 Å². The van der Waals surface area contributed by atoms with Crippen LogP contribution in [0.3, 0.4) is 0 Å². The lowest BCUT2D eigenvalue weighted by Crippen LogP contribution is -2.12. The van der Waals surface area contributed by atoms with Crippen molar-refractivity contribution in [2.24, 2.45) is 0 Å². The fourth-order valence-corrected chi connectivity index (χ4v) is 2.32. The Labute approximate surface area is 118 Å². The number of hydrogen-bond donors (Lipinski definition) is 2. The molecule has 0 fully saturated rings. The molecule has 3 rings (SSSR count). The van der Waals surface area contributed by atoms with Gasteiger partial charge in [-0.15, -0.1) is 0 Å². The smallest absolute Gasteiger partial charge is 0.257 e. The number of benzene rings is 2. The predicted molar refractivity (Wildman–Crippen MR) is 78.2 cm³/mol. The second-order valence-electron chi connectivity index (χ2n) is 4.10. The van der Waals surface area contributed by atoms with Gasteiger partial charge in [-0.25, -0.2) is 0 Å². The molecule has 0 spiro atoms. The normalized spacial score (nSPS) is 10.6. The van der Waals surface area contributed by atoms with Crippen LogP contribution in [0.1, 0.15) is 10.4 Å². The van der Waals surface area contributed by atoms with Crippen LogP contribution in [0.4, 0.5) is 5.69 Å². The second-order valence-corrected chi connectivity index (χ2v) is 5.02. The maximum atomic E-state index is 12.3. The van der Waals surface area contributed by atoms with Gasteiger partial charge in [0.2, 0.25) is 0 Å². The average Bonchev–Trinajstić information content (AvgIpc) is 2.86. The van der Waals surface area contributed by atoms with Crippen LogP contribution in [0.15, 0.2) is 53.1 Å². The highest BCUT2D eigenvalue weighted by Gasteiger charge is 2.11. The number of H-pyrrole nitrogens is 1. The number of rotatable bonds is 2. The number of carbonyl (C=O) groups excluding carboxylic acids is 1. The molecule has 2 aromatic carbocycles.